The van der Waals surface area contributed by atoms with E-state index < -0.39 is 15.7 Å². The van der Waals surface area contributed by atoms with E-state index in [1.165, 1.54) is 26.4 Å². The highest BCUT2D eigenvalue weighted by Gasteiger charge is 2.20. The molecule has 0 aliphatic heterocycles. The predicted octanol–water partition coefficient (Wildman–Crippen LogP) is 2.62. The minimum absolute atomic E-state index is 0.00277. The molecule has 1 aromatic heterocycles. The van der Waals surface area contributed by atoms with E-state index in [4.69, 9.17) is 13.7 Å². The van der Waals surface area contributed by atoms with E-state index in [-0.39, 0.29) is 10.6 Å². The molecular weight excluding hydrogens is 358 g/mol. The van der Waals surface area contributed by atoms with Crippen molar-refractivity contribution in [3.63, 3.8) is 0 Å². The summed E-state index contributed by atoms with van der Waals surface area (Å²) >= 11 is 0. The second kappa shape index (κ2) is 6.72. The normalized spacial score (nSPS) is 11.3. The fourth-order valence-corrected chi connectivity index (χ4v) is 3.43. The molecule has 0 aliphatic carbocycles. The number of methoxy groups -OCH3 is 2. The summed E-state index contributed by atoms with van der Waals surface area (Å²) in [5.74, 6) is 0.684. The van der Waals surface area contributed by atoms with E-state index in [9.17, 15) is 13.2 Å². The van der Waals surface area contributed by atoms with Gasteiger partial charge in [0, 0.05) is 17.5 Å². The van der Waals surface area contributed by atoms with Crippen molar-refractivity contribution in [1.82, 2.24) is 4.98 Å². The van der Waals surface area contributed by atoms with Crippen molar-refractivity contribution in [2.24, 2.45) is 0 Å². The molecule has 0 atom stereocenters. The minimum atomic E-state index is -4.10. The van der Waals surface area contributed by atoms with Crippen LogP contribution in [0.3, 0.4) is 0 Å². The van der Waals surface area contributed by atoms with Gasteiger partial charge in [-0.15, -0.1) is 0 Å². The lowest BCUT2D eigenvalue weighted by Crippen LogP contribution is -2.13. The molecule has 0 saturated carbocycles. The van der Waals surface area contributed by atoms with E-state index in [0.29, 0.717) is 22.4 Å². The van der Waals surface area contributed by atoms with Crippen LogP contribution in [0.4, 0.5) is 0 Å². The van der Waals surface area contributed by atoms with E-state index in [2.05, 4.69) is 4.98 Å². The quantitative estimate of drug-likeness (QED) is 0.689. The third kappa shape index (κ3) is 3.36. The molecule has 1 N–H and O–H groups in total. The van der Waals surface area contributed by atoms with Crippen molar-refractivity contribution in [1.29, 1.82) is 0 Å². The first-order chi connectivity index (χ1) is 12.3. The number of benzene rings is 2. The summed E-state index contributed by atoms with van der Waals surface area (Å²) in [5.41, 5.74) is 0.783. The highest BCUT2D eigenvalue weighted by Crippen LogP contribution is 2.35. The molecule has 7 nitrogen and oxygen atoms in total. The summed E-state index contributed by atoms with van der Waals surface area (Å²) in [6.07, 6.45) is 0. The first-order valence-electron chi connectivity index (χ1n) is 7.64. The molecular formula is C18H17NO6S. The van der Waals surface area contributed by atoms with Crippen LogP contribution in [0.5, 0.6) is 17.2 Å². The highest BCUT2D eigenvalue weighted by molar-refractivity contribution is 7.87. The zero-order chi connectivity index (χ0) is 18.9. The van der Waals surface area contributed by atoms with Crippen molar-refractivity contribution in [3.05, 3.63) is 58.4 Å². The molecule has 0 fully saturated rings. The first kappa shape index (κ1) is 17.8. The van der Waals surface area contributed by atoms with Crippen molar-refractivity contribution in [2.75, 3.05) is 14.2 Å². The molecule has 0 unspecified atom stereocenters. The lowest BCUT2D eigenvalue weighted by Gasteiger charge is -2.12. The molecule has 0 spiro atoms. The summed E-state index contributed by atoms with van der Waals surface area (Å²) in [6.45, 7) is 1.85. The zero-order valence-electron chi connectivity index (χ0n) is 14.4. The summed E-state index contributed by atoms with van der Waals surface area (Å²) in [6, 6.07) is 10.4. The molecule has 0 saturated heterocycles. The summed E-state index contributed by atoms with van der Waals surface area (Å²) < 4.78 is 40.8. The van der Waals surface area contributed by atoms with Crippen LogP contribution in [-0.4, -0.2) is 27.6 Å². The Morgan fingerprint density at radius 3 is 2.12 bits per heavy atom. The molecule has 136 valence electrons. The fraction of sp³-hybridized carbons (Fsp3) is 0.167. The summed E-state index contributed by atoms with van der Waals surface area (Å²) in [4.78, 5) is 14.5. The summed E-state index contributed by atoms with van der Waals surface area (Å²) in [5, 5.41) is 0.373. The number of H-pyrrole nitrogens is 1. The Hall–Kier alpha value is -3.00. The van der Waals surface area contributed by atoms with Crippen LogP contribution in [-0.2, 0) is 10.1 Å². The number of pyridine rings is 1. The Kier molecular flexibility index (Phi) is 4.60. The van der Waals surface area contributed by atoms with Crippen molar-refractivity contribution in [2.45, 2.75) is 11.8 Å². The highest BCUT2D eigenvalue weighted by atomic mass is 32.2. The second-order valence-electron chi connectivity index (χ2n) is 5.60. The number of aryl methyl sites for hydroxylation is 1. The molecule has 3 rings (SSSR count). The standard InChI is InChI=1S/C18H17NO6S/c1-11-4-6-12(7-5-11)26(21,22)25-15-10-18(20)19-14-9-17(24-3)16(23-2)8-13(14)15/h4-10H,1-3H3,(H,19,20). The molecule has 3 aromatic rings. The third-order valence-corrected chi connectivity index (χ3v) is 5.07. The topological polar surface area (TPSA) is 94.7 Å². The number of ether oxygens (including phenoxy) is 2. The average molecular weight is 375 g/mol. The number of rotatable bonds is 5. The Labute approximate surface area is 150 Å². The predicted molar refractivity (Wildman–Crippen MR) is 96.7 cm³/mol. The number of hydrogen-bond acceptors (Lipinski definition) is 6. The van der Waals surface area contributed by atoms with Gasteiger partial charge >= 0.3 is 10.1 Å². The van der Waals surface area contributed by atoms with E-state index in [1.54, 1.807) is 24.3 Å². The Bertz CT molecular complexity index is 1120. The zero-order valence-corrected chi connectivity index (χ0v) is 15.2. The van der Waals surface area contributed by atoms with Gasteiger partial charge in [0.15, 0.2) is 17.2 Å². The van der Waals surface area contributed by atoms with E-state index >= 15 is 0 Å². The van der Waals surface area contributed by atoms with Crippen LogP contribution < -0.4 is 19.2 Å². The average Bonchev–Trinajstić information content (AvgIpc) is 2.60. The minimum Gasteiger partial charge on any atom is -0.493 e. The van der Waals surface area contributed by atoms with Gasteiger partial charge in [0.2, 0.25) is 0 Å². The number of aromatic amines is 1. The van der Waals surface area contributed by atoms with Crippen LogP contribution >= 0.6 is 0 Å². The van der Waals surface area contributed by atoms with Gasteiger partial charge in [-0.25, -0.2) is 0 Å². The molecule has 1 heterocycles. The summed E-state index contributed by atoms with van der Waals surface area (Å²) in [7, 11) is -1.18. The van der Waals surface area contributed by atoms with Crippen LogP contribution in [0.2, 0.25) is 0 Å². The van der Waals surface area contributed by atoms with Gasteiger partial charge in [-0.1, -0.05) is 17.7 Å². The van der Waals surface area contributed by atoms with Gasteiger partial charge in [0.25, 0.3) is 5.56 Å². The lowest BCUT2D eigenvalue weighted by molar-refractivity contribution is 0.355. The first-order valence-corrected chi connectivity index (χ1v) is 9.05. The van der Waals surface area contributed by atoms with Gasteiger partial charge in [-0.2, -0.15) is 8.42 Å². The largest absolute Gasteiger partial charge is 0.493 e. The third-order valence-electron chi connectivity index (χ3n) is 3.82. The van der Waals surface area contributed by atoms with Crippen LogP contribution in [0, 0.1) is 6.92 Å². The maximum atomic E-state index is 12.6. The van der Waals surface area contributed by atoms with Gasteiger partial charge in [0.05, 0.1) is 19.7 Å². The second-order valence-corrected chi connectivity index (χ2v) is 7.15. The number of nitrogens with one attached hydrogen (secondary N) is 1. The maximum absolute atomic E-state index is 12.6. The molecule has 0 radical (unpaired) electrons. The van der Waals surface area contributed by atoms with Crippen LogP contribution in [0.1, 0.15) is 5.56 Å². The maximum Gasteiger partial charge on any atom is 0.339 e. The smallest absolute Gasteiger partial charge is 0.339 e. The molecule has 0 bridgehead atoms. The fourth-order valence-electron chi connectivity index (χ4n) is 2.49. The molecule has 8 heteroatoms. The number of aromatic nitrogens is 1. The Balaban J connectivity index is 2.15. The van der Waals surface area contributed by atoms with Gasteiger partial charge in [-0.3, -0.25) is 4.79 Å². The van der Waals surface area contributed by atoms with Crippen molar-refractivity contribution in [3.8, 4) is 17.2 Å². The van der Waals surface area contributed by atoms with Crippen LogP contribution in [0.15, 0.2) is 52.2 Å². The SMILES string of the molecule is COc1cc2[nH]c(=O)cc(OS(=O)(=O)c3ccc(C)cc3)c2cc1OC. The molecule has 2 aromatic carbocycles. The molecule has 26 heavy (non-hydrogen) atoms. The van der Waals surface area contributed by atoms with Gasteiger partial charge in [0.1, 0.15) is 4.90 Å². The van der Waals surface area contributed by atoms with Crippen LogP contribution in [0.25, 0.3) is 10.9 Å². The van der Waals surface area contributed by atoms with Gasteiger partial charge in [-0.05, 0) is 25.1 Å². The molecule has 0 aliphatic rings. The molecule has 0 amide bonds. The Morgan fingerprint density at radius 2 is 1.50 bits per heavy atom. The lowest BCUT2D eigenvalue weighted by atomic mass is 10.2. The monoisotopic (exact) mass is 375 g/mol. The number of hydrogen-bond donors (Lipinski definition) is 1. The van der Waals surface area contributed by atoms with Gasteiger partial charge < -0.3 is 18.6 Å². The van der Waals surface area contributed by atoms with Crippen molar-refractivity contribution >= 4 is 21.0 Å². The van der Waals surface area contributed by atoms with E-state index in [0.717, 1.165) is 11.6 Å². The number of fused-ring (bicyclic) bond motifs is 1. The van der Waals surface area contributed by atoms with E-state index in [1.807, 2.05) is 6.92 Å². The van der Waals surface area contributed by atoms with Crippen molar-refractivity contribution < 1.29 is 22.1 Å². The Morgan fingerprint density at radius 1 is 0.885 bits per heavy atom.